The summed E-state index contributed by atoms with van der Waals surface area (Å²) in [5, 5.41) is 9.59. The number of benzene rings is 2. The highest BCUT2D eigenvalue weighted by molar-refractivity contribution is 5.77. The van der Waals surface area contributed by atoms with Gasteiger partial charge < -0.3 is 14.9 Å². The highest BCUT2D eigenvalue weighted by Gasteiger charge is 2.31. The minimum absolute atomic E-state index is 0.153. The molecule has 2 aliphatic rings. The molecule has 1 N–H and O–H groups in total. The molecule has 33 heavy (non-hydrogen) atoms. The normalized spacial score (nSPS) is 16.8. The van der Waals surface area contributed by atoms with Crippen LogP contribution in [0.25, 0.3) is 0 Å². The lowest BCUT2D eigenvalue weighted by atomic mass is 10.1. The lowest BCUT2D eigenvalue weighted by Gasteiger charge is -2.36. The number of alkyl halides is 3. The van der Waals surface area contributed by atoms with Gasteiger partial charge in [0, 0.05) is 51.4 Å². The van der Waals surface area contributed by atoms with Gasteiger partial charge in [-0.1, -0.05) is 18.6 Å². The molecule has 0 atom stereocenters. The third kappa shape index (κ3) is 5.99. The number of hydrogen-bond acceptors (Lipinski definition) is 4. The van der Waals surface area contributed by atoms with Crippen molar-refractivity contribution >= 4 is 11.6 Å². The minimum Gasteiger partial charge on any atom is -0.508 e. The van der Waals surface area contributed by atoms with Crippen LogP contribution in [0.5, 0.6) is 5.75 Å². The van der Waals surface area contributed by atoms with Crippen molar-refractivity contribution in [1.29, 1.82) is 0 Å². The largest absolute Gasteiger partial charge is 0.508 e. The Hall–Kier alpha value is -2.74. The van der Waals surface area contributed by atoms with Crippen molar-refractivity contribution in [2.45, 2.75) is 44.9 Å². The van der Waals surface area contributed by atoms with E-state index in [1.54, 1.807) is 18.2 Å². The Morgan fingerprint density at radius 3 is 2.42 bits per heavy atom. The summed E-state index contributed by atoms with van der Waals surface area (Å²) in [6.07, 6.45) is -0.961. The summed E-state index contributed by atoms with van der Waals surface area (Å²) >= 11 is 0. The maximum atomic E-state index is 13.0. The second-order valence-electron chi connectivity index (χ2n) is 8.89. The molecule has 2 aliphatic heterocycles. The van der Waals surface area contributed by atoms with Gasteiger partial charge in [-0.15, -0.1) is 0 Å². The molecular formula is C25H30F3N3O2. The van der Waals surface area contributed by atoms with E-state index in [4.69, 9.17) is 0 Å². The van der Waals surface area contributed by atoms with E-state index in [1.165, 1.54) is 12.1 Å². The van der Waals surface area contributed by atoms with Crippen molar-refractivity contribution in [3.63, 3.8) is 0 Å². The molecule has 0 bridgehead atoms. The molecule has 1 saturated heterocycles. The van der Waals surface area contributed by atoms with Crippen LogP contribution in [0.15, 0.2) is 42.5 Å². The number of hydrogen-bond donors (Lipinski definition) is 1. The van der Waals surface area contributed by atoms with Crippen LogP contribution in [0.2, 0.25) is 0 Å². The Morgan fingerprint density at radius 1 is 0.909 bits per heavy atom. The molecule has 1 fully saturated rings. The van der Waals surface area contributed by atoms with Gasteiger partial charge in [0.05, 0.1) is 5.56 Å². The molecule has 0 radical (unpaired) electrons. The molecule has 0 aromatic heterocycles. The molecule has 2 aromatic carbocycles. The van der Waals surface area contributed by atoms with Crippen LogP contribution in [0.1, 0.15) is 42.4 Å². The number of halogens is 3. The first-order valence-corrected chi connectivity index (χ1v) is 11.5. The van der Waals surface area contributed by atoms with Crippen LogP contribution in [-0.4, -0.2) is 53.5 Å². The van der Waals surface area contributed by atoms with Gasteiger partial charge in [-0.25, -0.2) is 0 Å². The SMILES string of the molecule is O=C(CCCCCN1CCN(c2cccc(C(F)(F)F)c2)CC1)N1Cc2ccc(O)cc2C1. The lowest BCUT2D eigenvalue weighted by Crippen LogP contribution is -2.46. The molecular weight excluding hydrogens is 431 g/mol. The monoisotopic (exact) mass is 461 g/mol. The molecule has 0 aliphatic carbocycles. The Kier molecular flexibility index (Phi) is 7.12. The topological polar surface area (TPSA) is 47.0 Å². The highest BCUT2D eigenvalue weighted by Crippen LogP contribution is 2.32. The third-order valence-electron chi connectivity index (χ3n) is 6.54. The van der Waals surface area contributed by atoms with Gasteiger partial charge in [-0.2, -0.15) is 13.2 Å². The van der Waals surface area contributed by atoms with Crippen molar-refractivity contribution in [2.75, 3.05) is 37.6 Å². The first-order chi connectivity index (χ1) is 15.8. The number of piperazine rings is 1. The van der Waals surface area contributed by atoms with Gasteiger partial charge >= 0.3 is 6.18 Å². The summed E-state index contributed by atoms with van der Waals surface area (Å²) in [6.45, 7) is 5.21. The number of fused-ring (bicyclic) bond motifs is 1. The first kappa shape index (κ1) is 23.4. The second kappa shape index (κ2) is 10.0. The number of carbonyl (C=O) groups is 1. The molecule has 0 spiro atoms. The van der Waals surface area contributed by atoms with Crippen LogP contribution >= 0.6 is 0 Å². The summed E-state index contributed by atoms with van der Waals surface area (Å²) in [6, 6.07) is 10.8. The number of amides is 1. The zero-order valence-corrected chi connectivity index (χ0v) is 18.7. The van der Waals surface area contributed by atoms with Crippen LogP contribution in [0.4, 0.5) is 18.9 Å². The molecule has 0 saturated carbocycles. The van der Waals surface area contributed by atoms with E-state index in [0.717, 1.165) is 56.1 Å². The fraction of sp³-hybridized carbons (Fsp3) is 0.480. The van der Waals surface area contributed by atoms with E-state index in [-0.39, 0.29) is 11.7 Å². The highest BCUT2D eigenvalue weighted by atomic mass is 19.4. The number of rotatable bonds is 7. The number of phenolic OH excluding ortho intramolecular Hbond substituents is 1. The van der Waals surface area contributed by atoms with Crippen molar-refractivity contribution in [3.8, 4) is 5.75 Å². The number of aromatic hydroxyl groups is 1. The molecule has 4 rings (SSSR count). The summed E-state index contributed by atoms with van der Waals surface area (Å²) < 4.78 is 38.9. The van der Waals surface area contributed by atoms with Gasteiger partial charge in [-0.05, 0) is 60.8 Å². The second-order valence-corrected chi connectivity index (χ2v) is 8.89. The number of anilines is 1. The van der Waals surface area contributed by atoms with Crippen LogP contribution in [-0.2, 0) is 24.1 Å². The Labute approximate surface area is 192 Å². The molecule has 8 heteroatoms. The first-order valence-electron chi connectivity index (χ1n) is 11.5. The molecule has 2 aromatic rings. The minimum atomic E-state index is -4.32. The Balaban J connectivity index is 1.12. The fourth-order valence-electron chi connectivity index (χ4n) is 4.61. The van der Waals surface area contributed by atoms with Crippen molar-refractivity contribution in [2.24, 2.45) is 0 Å². The van der Waals surface area contributed by atoms with E-state index in [9.17, 15) is 23.1 Å². The summed E-state index contributed by atoms with van der Waals surface area (Å²) in [7, 11) is 0. The van der Waals surface area contributed by atoms with E-state index < -0.39 is 11.7 Å². The van der Waals surface area contributed by atoms with Crippen molar-refractivity contribution in [1.82, 2.24) is 9.80 Å². The zero-order chi connectivity index (χ0) is 23.4. The van der Waals surface area contributed by atoms with Crippen LogP contribution in [0.3, 0.4) is 0 Å². The molecule has 1 amide bonds. The third-order valence-corrected chi connectivity index (χ3v) is 6.54. The maximum absolute atomic E-state index is 13.0. The lowest BCUT2D eigenvalue weighted by molar-refractivity contribution is -0.137. The smallest absolute Gasteiger partial charge is 0.416 e. The number of carbonyl (C=O) groups excluding carboxylic acids is 1. The quantitative estimate of drug-likeness (QED) is 0.611. The Bertz CT molecular complexity index is 972. The van der Waals surface area contributed by atoms with Gasteiger partial charge in [-0.3, -0.25) is 9.69 Å². The van der Waals surface area contributed by atoms with E-state index >= 15 is 0 Å². The number of unbranched alkanes of at least 4 members (excludes halogenated alkanes) is 2. The summed E-state index contributed by atoms with van der Waals surface area (Å²) in [5.41, 5.74) is 2.15. The van der Waals surface area contributed by atoms with Crippen LogP contribution in [0, 0.1) is 0 Å². The average molecular weight is 462 g/mol. The van der Waals surface area contributed by atoms with E-state index in [1.807, 2.05) is 15.9 Å². The predicted octanol–water partition coefficient (Wildman–Crippen LogP) is 4.64. The molecule has 5 nitrogen and oxygen atoms in total. The number of phenols is 1. The predicted molar refractivity (Wildman–Crippen MR) is 121 cm³/mol. The molecule has 0 unspecified atom stereocenters. The average Bonchev–Trinajstić information content (AvgIpc) is 3.22. The van der Waals surface area contributed by atoms with E-state index in [0.29, 0.717) is 38.3 Å². The number of nitrogens with zero attached hydrogens (tertiary/aromatic N) is 3. The van der Waals surface area contributed by atoms with Crippen molar-refractivity contribution < 1.29 is 23.1 Å². The maximum Gasteiger partial charge on any atom is 0.416 e. The fourth-order valence-corrected chi connectivity index (χ4v) is 4.61. The van der Waals surface area contributed by atoms with Gasteiger partial charge in [0.15, 0.2) is 0 Å². The van der Waals surface area contributed by atoms with Crippen LogP contribution < -0.4 is 4.90 Å². The standard InChI is InChI=1S/C25H30F3N3O2/c26-25(27,28)21-5-4-6-22(16-21)30-13-11-29(12-14-30)10-3-1-2-7-24(33)31-17-19-8-9-23(32)15-20(19)18-31/h4-6,8-9,15-16,32H,1-3,7,10-14,17-18H2. The van der Waals surface area contributed by atoms with Gasteiger partial charge in [0.1, 0.15) is 5.75 Å². The molecule has 2 heterocycles. The summed E-state index contributed by atoms with van der Waals surface area (Å²) in [5.74, 6) is 0.388. The van der Waals surface area contributed by atoms with E-state index in [2.05, 4.69) is 4.90 Å². The summed E-state index contributed by atoms with van der Waals surface area (Å²) in [4.78, 5) is 18.7. The van der Waals surface area contributed by atoms with Crippen molar-refractivity contribution in [3.05, 3.63) is 59.2 Å². The Morgan fingerprint density at radius 2 is 1.67 bits per heavy atom. The zero-order valence-electron chi connectivity index (χ0n) is 18.7. The van der Waals surface area contributed by atoms with Gasteiger partial charge in [0.25, 0.3) is 0 Å². The van der Waals surface area contributed by atoms with Gasteiger partial charge in [0.2, 0.25) is 5.91 Å². The molecule has 178 valence electrons.